The lowest BCUT2D eigenvalue weighted by atomic mass is 9.85. The van der Waals surface area contributed by atoms with E-state index in [0.717, 1.165) is 70.1 Å². The average Bonchev–Trinajstić information content (AvgIpc) is 3.71. The topological polar surface area (TPSA) is 79.6 Å². The van der Waals surface area contributed by atoms with Gasteiger partial charge in [0.1, 0.15) is 5.75 Å². The van der Waals surface area contributed by atoms with Crippen molar-refractivity contribution >= 4 is 46.3 Å². The van der Waals surface area contributed by atoms with E-state index in [1.807, 2.05) is 49.1 Å². The van der Waals surface area contributed by atoms with E-state index in [1.165, 1.54) is 0 Å². The summed E-state index contributed by atoms with van der Waals surface area (Å²) < 4.78 is 11.9. The molecule has 1 unspecified atom stereocenters. The normalized spacial score (nSPS) is 20.1. The Labute approximate surface area is 261 Å². The second-order valence-electron chi connectivity index (χ2n) is 11.6. The maximum absolute atomic E-state index is 14.3. The van der Waals surface area contributed by atoms with Crippen LogP contribution < -0.4 is 15.4 Å². The highest BCUT2D eigenvalue weighted by molar-refractivity contribution is 6.42. The largest absolute Gasteiger partial charge is 0.494 e. The van der Waals surface area contributed by atoms with Crippen molar-refractivity contribution in [3.63, 3.8) is 0 Å². The van der Waals surface area contributed by atoms with Gasteiger partial charge in [-0.2, -0.15) is 0 Å². The average molecular weight is 630 g/mol. The zero-order valence-corrected chi connectivity index (χ0v) is 26.1. The Morgan fingerprint density at radius 1 is 1.10 bits per heavy atom. The Morgan fingerprint density at radius 2 is 1.88 bits per heavy atom. The standard InChI is InChI=1S/C32H35Cl3N4O3/c1-18-11-24(12-19(2)30(18)34)41-10-4-6-21-14-28(42-38-21)25-13-22-15-36-16-27(37-22)29(25)32(40)39(23-8-9-23)17-20-5-3-7-26(33)31(20)35/h3,5,7,11-12,14,22-23,27,36-37H,4,6,8-10,13,15-17H2,1-2H3/t22?,27-/m1/s1. The molecule has 42 heavy (non-hydrogen) atoms. The van der Waals surface area contributed by atoms with E-state index < -0.39 is 0 Å². The number of hydrogen-bond acceptors (Lipinski definition) is 6. The Morgan fingerprint density at radius 3 is 2.64 bits per heavy atom. The Balaban J connectivity index is 1.20. The highest BCUT2D eigenvalue weighted by Crippen LogP contribution is 2.38. The first-order valence-corrected chi connectivity index (χ1v) is 15.7. The van der Waals surface area contributed by atoms with Gasteiger partial charge in [0.15, 0.2) is 5.76 Å². The fourth-order valence-corrected chi connectivity index (χ4v) is 6.45. The van der Waals surface area contributed by atoms with Crippen molar-refractivity contribution in [2.24, 2.45) is 0 Å². The summed E-state index contributed by atoms with van der Waals surface area (Å²) in [6, 6.07) is 11.8. The second kappa shape index (κ2) is 12.6. The van der Waals surface area contributed by atoms with Crippen LogP contribution >= 0.6 is 34.8 Å². The molecule has 3 heterocycles. The molecule has 2 aliphatic heterocycles. The fourth-order valence-electron chi connectivity index (χ4n) is 5.97. The molecule has 1 saturated carbocycles. The number of hydrogen-bond donors (Lipinski definition) is 2. The van der Waals surface area contributed by atoms with E-state index in [2.05, 4.69) is 15.8 Å². The minimum absolute atomic E-state index is 0.0168. The van der Waals surface area contributed by atoms with E-state index in [-0.39, 0.29) is 24.0 Å². The third-order valence-corrected chi connectivity index (χ3v) is 9.72. The van der Waals surface area contributed by atoms with Gasteiger partial charge in [0.25, 0.3) is 5.91 Å². The lowest BCUT2D eigenvalue weighted by Gasteiger charge is -2.40. The van der Waals surface area contributed by atoms with Gasteiger partial charge in [0, 0.05) is 54.0 Å². The van der Waals surface area contributed by atoms with Gasteiger partial charge in [-0.25, -0.2) is 0 Å². The van der Waals surface area contributed by atoms with Crippen LogP contribution in [0.5, 0.6) is 5.75 Å². The number of ether oxygens (including phenoxy) is 1. The lowest BCUT2D eigenvalue weighted by molar-refractivity contribution is -0.128. The number of carbonyl (C=O) groups excluding carboxylic acids is 1. The summed E-state index contributed by atoms with van der Waals surface area (Å²) in [7, 11) is 0. The summed E-state index contributed by atoms with van der Waals surface area (Å²) in [5.41, 5.74) is 5.41. The van der Waals surface area contributed by atoms with E-state index in [0.29, 0.717) is 48.3 Å². The molecular weight excluding hydrogens is 595 g/mol. The molecule has 3 aromatic rings. The first kappa shape index (κ1) is 29.5. The van der Waals surface area contributed by atoms with Crippen LogP contribution in [0.3, 0.4) is 0 Å². The van der Waals surface area contributed by atoms with Gasteiger partial charge in [-0.3, -0.25) is 4.79 Å². The van der Waals surface area contributed by atoms with E-state index in [4.69, 9.17) is 44.1 Å². The van der Waals surface area contributed by atoms with E-state index in [1.54, 1.807) is 6.07 Å². The predicted molar refractivity (Wildman–Crippen MR) is 166 cm³/mol. The quantitative estimate of drug-likeness (QED) is 0.248. The maximum Gasteiger partial charge on any atom is 0.252 e. The van der Waals surface area contributed by atoms with E-state index >= 15 is 0 Å². The first-order valence-electron chi connectivity index (χ1n) is 14.6. The maximum atomic E-state index is 14.3. The van der Waals surface area contributed by atoms with Gasteiger partial charge in [0.05, 0.1) is 28.4 Å². The third-order valence-electron chi connectivity index (χ3n) is 8.26. The van der Waals surface area contributed by atoms with Crippen LogP contribution in [0.1, 0.15) is 53.8 Å². The molecule has 2 fully saturated rings. The number of rotatable bonds is 10. The minimum Gasteiger partial charge on any atom is -0.494 e. The molecule has 2 N–H and O–H groups in total. The zero-order valence-electron chi connectivity index (χ0n) is 23.8. The molecule has 7 nitrogen and oxygen atoms in total. The van der Waals surface area contributed by atoms with Crippen molar-refractivity contribution in [2.45, 2.75) is 70.6 Å². The number of benzene rings is 2. The summed E-state index contributed by atoms with van der Waals surface area (Å²) in [6.07, 6.45) is 4.14. The summed E-state index contributed by atoms with van der Waals surface area (Å²) in [5.74, 6) is 1.51. The number of carbonyl (C=O) groups is 1. The summed E-state index contributed by atoms with van der Waals surface area (Å²) in [4.78, 5) is 16.3. The number of nitrogens with zero attached hydrogens (tertiary/aromatic N) is 2. The highest BCUT2D eigenvalue weighted by atomic mass is 35.5. The van der Waals surface area contributed by atoms with Gasteiger partial charge >= 0.3 is 0 Å². The van der Waals surface area contributed by atoms with Crippen LogP contribution in [0.15, 0.2) is 46.5 Å². The van der Waals surface area contributed by atoms with Gasteiger partial charge < -0.3 is 24.8 Å². The van der Waals surface area contributed by atoms with Crippen LogP contribution in [0, 0.1) is 13.8 Å². The van der Waals surface area contributed by atoms with Crippen LogP contribution in [0.2, 0.25) is 15.1 Å². The molecule has 10 heteroatoms. The molecule has 1 aromatic heterocycles. The van der Waals surface area contributed by atoms with E-state index in [9.17, 15) is 4.79 Å². The molecule has 0 spiro atoms. The Bertz CT molecular complexity index is 1490. The molecule has 2 atom stereocenters. The van der Waals surface area contributed by atoms with Crippen molar-refractivity contribution < 1.29 is 14.1 Å². The third kappa shape index (κ3) is 6.36. The van der Waals surface area contributed by atoms with Crippen LogP contribution in [-0.2, 0) is 17.8 Å². The van der Waals surface area contributed by atoms with Crippen LogP contribution in [-0.4, -0.2) is 53.8 Å². The smallest absolute Gasteiger partial charge is 0.252 e. The molecule has 0 radical (unpaired) electrons. The number of nitrogens with one attached hydrogen (secondary N) is 2. The lowest BCUT2D eigenvalue weighted by Crippen LogP contribution is -2.59. The van der Waals surface area contributed by atoms with Gasteiger partial charge in [-0.05, 0) is 80.8 Å². The summed E-state index contributed by atoms with van der Waals surface area (Å²) in [5, 5.41) is 13.3. The molecule has 1 amide bonds. The van der Waals surface area contributed by atoms with Gasteiger partial charge in [-0.15, -0.1) is 0 Å². The fraction of sp³-hybridized carbons (Fsp3) is 0.438. The molecule has 1 aliphatic carbocycles. The van der Waals surface area contributed by atoms with Crippen LogP contribution in [0.25, 0.3) is 5.57 Å². The molecule has 2 aromatic carbocycles. The monoisotopic (exact) mass is 628 g/mol. The molecule has 222 valence electrons. The number of aromatic nitrogens is 1. The van der Waals surface area contributed by atoms with Crippen molar-refractivity contribution in [1.29, 1.82) is 0 Å². The highest BCUT2D eigenvalue weighted by Gasteiger charge is 2.42. The Hall–Kier alpha value is -2.55. The molecule has 2 bridgehead atoms. The zero-order chi connectivity index (χ0) is 29.4. The van der Waals surface area contributed by atoms with Crippen molar-refractivity contribution in [2.75, 3.05) is 19.7 Å². The second-order valence-corrected chi connectivity index (χ2v) is 12.7. The summed E-state index contributed by atoms with van der Waals surface area (Å²) in [6.45, 7) is 6.45. The molecular formula is C32H35Cl3N4O3. The predicted octanol–water partition coefficient (Wildman–Crippen LogP) is 6.54. The van der Waals surface area contributed by atoms with Crippen molar-refractivity contribution in [3.05, 3.63) is 85.2 Å². The van der Waals surface area contributed by atoms with Crippen molar-refractivity contribution in [3.8, 4) is 5.75 Å². The molecule has 1 saturated heterocycles. The molecule has 6 rings (SSSR count). The number of aryl methyl sites for hydroxylation is 3. The number of piperazine rings is 1. The number of fused-ring (bicyclic) bond motifs is 2. The Kier molecular flexibility index (Phi) is 8.85. The summed E-state index contributed by atoms with van der Waals surface area (Å²) >= 11 is 19.1. The minimum atomic E-state index is -0.107. The number of amides is 1. The van der Waals surface area contributed by atoms with Crippen molar-refractivity contribution in [1.82, 2.24) is 20.7 Å². The van der Waals surface area contributed by atoms with Gasteiger partial charge in [0.2, 0.25) is 0 Å². The molecule has 3 aliphatic rings. The first-order chi connectivity index (χ1) is 20.3. The SMILES string of the molecule is Cc1cc(OCCCc2cc(C3=C(C(=O)N(Cc4cccc(Cl)c4Cl)C4CC4)[C@H]4CNCC(C3)N4)on2)cc(C)c1Cl. The van der Waals surface area contributed by atoms with Gasteiger partial charge in [-0.1, -0.05) is 52.1 Å². The van der Waals surface area contributed by atoms with Crippen LogP contribution in [0.4, 0.5) is 0 Å². The number of halogens is 3.